The van der Waals surface area contributed by atoms with Crippen LogP contribution in [0.4, 0.5) is 3.89 Å². The Morgan fingerprint density at radius 1 is 1.17 bits per heavy atom. The second-order valence-corrected chi connectivity index (χ2v) is 8.58. The zero-order valence-electron chi connectivity index (χ0n) is 13.4. The van der Waals surface area contributed by atoms with Crippen molar-refractivity contribution in [1.82, 2.24) is 9.80 Å². The lowest BCUT2D eigenvalue weighted by molar-refractivity contribution is -0.131. The van der Waals surface area contributed by atoms with Gasteiger partial charge in [0.05, 0.1) is 13.2 Å². The second kappa shape index (κ2) is 6.64. The van der Waals surface area contributed by atoms with Crippen LogP contribution in [0.15, 0.2) is 0 Å². The molecule has 132 valence electrons. The molecule has 0 aromatic carbocycles. The summed E-state index contributed by atoms with van der Waals surface area (Å²) in [5.41, 5.74) is -0.105. The van der Waals surface area contributed by atoms with Crippen LogP contribution in [0.25, 0.3) is 0 Å². The molecule has 3 aliphatic rings. The van der Waals surface area contributed by atoms with Gasteiger partial charge in [-0.2, -0.15) is 8.42 Å². The molecule has 0 aromatic heterocycles. The molecule has 2 aliphatic heterocycles. The highest BCUT2D eigenvalue weighted by molar-refractivity contribution is 7.87. The molecule has 3 fully saturated rings. The quantitative estimate of drug-likeness (QED) is 0.707. The molecule has 1 aliphatic carbocycles. The van der Waals surface area contributed by atoms with Crippen LogP contribution < -0.4 is 0 Å². The minimum absolute atomic E-state index is 0.0102. The minimum Gasteiger partial charge on any atom is -0.379 e. The summed E-state index contributed by atoms with van der Waals surface area (Å²) in [6, 6.07) is 0. The van der Waals surface area contributed by atoms with E-state index < -0.39 is 15.5 Å². The monoisotopic (exact) mass is 348 g/mol. The molecule has 0 spiro atoms. The van der Waals surface area contributed by atoms with Crippen LogP contribution in [-0.2, 0) is 19.8 Å². The first-order valence-corrected chi connectivity index (χ1v) is 9.89. The van der Waals surface area contributed by atoms with Crippen molar-refractivity contribution < 1.29 is 21.8 Å². The van der Waals surface area contributed by atoms with Crippen LogP contribution in [0.2, 0.25) is 0 Å². The maximum atomic E-state index is 13.2. The Bertz CT molecular complexity index is 542. The van der Waals surface area contributed by atoms with E-state index in [-0.39, 0.29) is 24.4 Å². The molecule has 6 nitrogen and oxygen atoms in total. The summed E-state index contributed by atoms with van der Waals surface area (Å²) >= 11 is 0. The largest absolute Gasteiger partial charge is 0.379 e. The highest BCUT2D eigenvalue weighted by Crippen LogP contribution is 2.36. The Labute approximate surface area is 137 Å². The molecule has 0 N–H and O–H groups in total. The summed E-state index contributed by atoms with van der Waals surface area (Å²) in [4.78, 5) is 16.2. The lowest BCUT2D eigenvalue weighted by Crippen LogP contribution is -2.60. The van der Waals surface area contributed by atoms with E-state index in [0.717, 1.165) is 38.8 Å². The van der Waals surface area contributed by atoms with Crippen molar-refractivity contribution in [3.63, 3.8) is 0 Å². The highest BCUT2D eigenvalue weighted by Gasteiger charge is 2.45. The van der Waals surface area contributed by atoms with E-state index in [1.807, 2.05) is 0 Å². The van der Waals surface area contributed by atoms with E-state index in [1.165, 1.54) is 6.42 Å². The molecule has 1 amide bonds. The first-order valence-electron chi connectivity index (χ1n) is 8.45. The maximum Gasteiger partial charge on any atom is 0.307 e. The molecule has 1 saturated carbocycles. The molecule has 2 heterocycles. The first kappa shape index (κ1) is 17.1. The molecule has 1 atom stereocenters. The number of hydrogen-bond donors (Lipinski definition) is 0. The summed E-state index contributed by atoms with van der Waals surface area (Å²) in [6.45, 7) is 3.57. The number of morpholine rings is 1. The Balaban J connectivity index is 1.75. The molecule has 3 rings (SSSR count). The lowest BCUT2D eigenvalue weighted by atomic mass is 9.79. The fraction of sp³-hybridized carbons (Fsp3) is 0.933. The van der Waals surface area contributed by atoms with Gasteiger partial charge in [0.1, 0.15) is 5.25 Å². The molecule has 0 radical (unpaired) electrons. The van der Waals surface area contributed by atoms with Gasteiger partial charge in [-0.15, -0.1) is 3.89 Å². The average Bonchev–Trinajstić information content (AvgIpc) is 2.90. The van der Waals surface area contributed by atoms with Crippen LogP contribution in [0, 0.1) is 0 Å². The number of halogens is 1. The second-order valence-electron chi connectivity index (χ2n) is 6.96. The summed E-state index contributed by atoms with van der Waals surface area (Å²) < 4.78 is 40.9. The summed E-state index contributed by atoms with van der Waals surface area (Å²) in [7, 11) is -4.65. The Hall–Kier alpha value is -0.730. The Morgan fingerprint density at radius 2 is 1.83 bits per heavy atom. The number of rotatable bonds is 4. The summed E-state index contributed by atoms with van der Waals surface area (Å²) in [5.74, 6) is -0.241. The van der Waals surface area contributed by atoms with Gasteiger partial charge in [0.25, 0.3) is 0 Å². The molecule has 0 bridgehead atoms. The zero-order chi connectivity index (χ0) is 16.5. The van der Waals surface area contributed by atoms with E-state index in [4.69, 9.17) is 4.74 Å². The van der Waals surface area contributed by atoms with Crippen molar-refractivity contribution in [2.24, 2.45) is 0 Å². The van der Waals surface area contributed by atoms with Gasteiger partial charge in [0, 0.05) is 38.1 Å². The smallest absolute Gasteiger partial charge is 0.307 e. The Kier molecular flexibility index (Phi) is 4.94. The van der Waals surface area contributed by atoms with Crippen molar-refractivity contribution in [1.29, 1.82) is 0 Å². The molecular formula is C15H25FN2O4S. The number of carbonyl (C=O) groups excluding carboxylic acids is 1. The van der Waals surface area contributed by atoms with Crippen molar-refractivity contribution in [2.75, 3.05) is 39.4 Å². The third-order valence-electron chi connectivity index (χ3n) is 5.53. The van der Waals surface area contributed by atoms with E-state index >= 15 is 0 Å². The van der Waals surface area contributed by atoms with Gasteiger partial charge >= 0.3 is 10.2 Å². The fourth-order valence-electron chi connectivity index (χ4n) is 4.25. The number of ether oxygens (including phenoxy) is 1. The van der Waals surface area contributed by atoms with Crippen molar-refractivity contribution >= 4 is 16.1 Å². The minimum atomic E-state index is -4.65. The first-order chi connectivity index (χ1) is 10.9. The highest BCUT2D eigenvalue weighted by atomic mass is 32.3. The number of amides is 1. The van der Waals surface area contributed by atoms with Gasteiger partial charge in [-0.05, 0) is 12.8 Å². The van der Waals surface area contributed by atoms with Gasteiger partial charge in [-0.1, -0.05) is 19.3 Å². The number of carbonyl (C=O) groups is 1. The van der Waals surface area contributed by atoms with E-state index in [2.05, 4.69) is 4.90 Å². The topological polar surface area (TPSA) is 66.9 Å². The van der Waals surface area contributed by atoms with Gasteiger partial charge in [-0.25, -0.2) is 0 Å². The van der Waals surface area contributed by atoms with Crippen molar-refractivity contribution in [3.8, 4) is 0 Å². The van der Waals surface area contributed by atoms with Crippen LogP contribution in [-0.4, -0.2) is 74.3 Å². The van der Waals surface area contributed by atoms with E-state index in [9.17, 15) is 17.1 Å². The van der Waals surface area contributed by atoms with Gasteiger partial charge in [-0.3, -0.25) is 9.69 Å². The molecule has 2 saturated heterocycles. The zero-order valence-corrected chi connectivity index (χ0v) is 14.2. The normalized spacial score (nSPS) is 29.9. The number of hydrogen-bond acceptors (Lipinski definition) is 5. The Morgan fingerprint density at radius 3 is 2.39 bits per heavy atom. The molecule has 23 heavy (non-hydrogen) atoms. The average molecular weight is 348 g/mol. The van der Waals surface area contributed by atoms with Crippen LogP contribution in [0.1, 0.15) is 38.5 Å². The molecule has 0 aromatic rings. The number of nitrogens with zero attached hydrogens (tertiary/aromatic N) is 2. The van der Waals surface area contributed by atoms with Crippen LogP contribution >= 0.6 is 0 Å². The van der Waals surface area contributed by atoms with Crippen LogP contribution in [0.5, 0.6) is 0 Å². The predicted molar refractivity (Wildman–Crippen MR) is 83.2 cm³/mol. The van der Waals surface area contributed by atoms with E-state index in [0.29, 0.717) is 19.8 Å². The predicted octanol–water partition coefficient (Wildman–Crippen LogP) is 0.922. The van der Waals surface area contributed by atoms with Crippen LogP contribution in [0.3, 0.4) is 0 Å². The standard InChI is InChI=1S/C15H25FN2O4S/c16-23(20,21)13-10-14(19)17(11-13)12-15(4-2-1-3-5-15)18-6-8-22-9-7-18/h13H,1-12H2. The van der Waals surface area contributed by atoms with Gasteiger partial charge in [0.2, 0.25) is 5.91 Å². The van der Waals surface area contributed by atoms with Gasteiger partial charge < -0.3 is 9.64 Å². The molecular weight excluding hydrogens is 323 g/mol. The van der Waals surface area contributed by atoms with Gasteiger partial charge in [0.15, 0.2) is 0 Å². The third-order valence-corrected chi connectivity index (χ3v) is 6.64. The molecule has 8 heteroatoms. The van der Waals surface area contributed by atoms with E-state index in [1.54, 1.807) is 4.90 Å². The summed E-state index contributed by atoms with van der Waals surface area (Å²) in [5, 5.41) is -1.19. The number of likely N-dealkylation sites (tertiary alicyclic amines) is 1. The van der Waals surface area contributed by atoms with Crippen molar-refractivity contribution in [2.45, 2.75) is 49.3 Å². The maximum absolute atomic E-state index is 13.2. The summed E-state index contributed by atoms with van der Waals surface area (Å²) in [6.07, 6.45) is 5.21. The SMILES string of the molecule is O=C1CC(S(=O)(=O)F)CN1CC1(N2CCOCC2)CCCCC1. The molecule has 1 unspecified atom stereocenters. The third kappa shape index (κ3) is 3.69. The fourth-order valence-corrected chi connectivity index (χ4v) is 4.95. The lowest BCUT2D eigenvalue weighted by Gasteiger charge is -2.49. The van der Waals surface area contributed by atoms with Crippen molar-refractivity contribution in [3.05, 3.63) is 0 Å².